The van der Waals surface area contributed by atoms with Gasteiger partial charge in [-0.05, 0) is 35.6 Å². The second-order valence-corrected chi connectivity index (χ2v) is 7.55. The van der Waals surface area contributed by atoms with Crippen molar-refractivity contribution in [1.82, 2.24) is 5.32 Å². The fraction of sp³-hybridized carbons (Fsp3) is 0.240. The van der Waals surface area contributed by atoms with Crippen LogP contribution in [0.3, 0.4) is 0 Å². The van der Waals surface area contributed by atoms with Crippen molar-refractivity contribution in [2.24, 2.45) is 0 Å². The summed E-state index contributed by atoms with van der Waals surface area (Å²) >= 11 is 0. The molecule has 1 aliphatic rings. The summed E-state index contributed by atoms with van der Waals surface area (Å²) in [5.41, 5.74) is 4.40. The minimum atomic E-state index is -0.343. The molecule has 0 unspecified atom stereocenters. The van der Waals surface area contributed by atoms with Crippen molar-refractivity contribution in [3.63, 3.8) is 0 Å². The number of fused-ring (bicyclic) bond motifs is 2. The summed E-state index contributed by atoms with van der Waals surface area (Å²) in [5.74, 6) is 1.71. The molecule has 0 saturated carbocycles. The molecule has 0 atom stereocenters. The van der Waals surface area contributed by atoms with Gasteiger partial charge in [0.15, 0.2) is 0 Å². The van der Waals surface area contributed by atoms with Crippen LogP contribution in [-0.4, -0.2) is 12.5 Å². The summed E-state index contributed by atoms with van der Waals surface area (Å²) in [5, 5.41) is 3.13. The van der Waals surface area contributed by atoms with Gasteiger partial charge >= 0.3 is 0 Å². The average Bonchev–Trinajstić information content (AvgIpc) is 2.72. The van der Waals surface area contributed by atoms with E-state index in [1.54, 1.807) is 0 Å². The SMILES string of the molecule is CC(C)c1ccc(CCNC(=O)C2c3ccccc3Oc3ccccc32)cc1. The maximum Gasteiger partial charge on any atom is 0.232 e. The Morgan fingerprint density at radius 1 is 0.893 bits per heavy atom. The second-order valence-electron chi connectivity index (χ2n) is 7.55. The summed E-state index contributed by atoms with van der Waals surface area (Å²) in [4.78, 5) is 13.1. The van der Waals surface area contributed by atoms with E-state index in [1.165, 1.54) is 11.1 Å². The Balaban J connectivity index is 1.48. The summed E-state index contributed by atoms with van der Waals surface area (Å²) in [6.07, 6.45) is 0.816. The van der Waals surface area contributed by atoms with Gasteiger partial charge in [0.2, 0.25) is 5.91 Å². The molecule has 4 rings (SSSR count). The molecule has 0 fully saturated rings. The number of carbonyl (C=O) groups is 1. The number of amides is 1. The Morgan fingerprint density at radius 3 is 2.04 bits per heavy atom. The largest absolute Gasteiger partial charge is 0.457 e. The van der Waals surface area contributed by atoms with Gasteiger partial charge in [0, 0.05) is 17.7 Å². The van der Waals surface area contributed by atoms with Crippen molar-refractivity contribution >= 4 is 5.91 Å². The van der Waals surface area contributed by atoms with Crippen molar-refractivity contribution in [2.45, 2.75) is 32.1 Å². The van der Waals surface area contributed by atoms with E-state index < -0.39 is 0 Å². The van der Waals surface area contributed by atoms with Crippen LogP contribution in [-0.2, 0) is 11.2 Å². The standard InChI is InChI=1S/C25H25NO2/c1-17(2)19-13-11-18(12-14-19)15-16-26-25(27)24-20-7-3-5-9-22(20)28-23-10-6-4-8-21(23)24/h3-14,17,24H,15-16H2,1-2H3,(H,26,27). The Hall–Kier alpha value is -3.07. The molecule has 0 saturated heterocycles. The number of hydrogen-bond donors (Lipinski definition) is 1. The predicted molar refractivity (Wildman–Crippen MR) is 112 cm³/mol. The van der Waals surface area contributed by atoms with E-state index in [0.29, 0.717) is 12.5 Å². The van der Waals surface area contributed by atoms with E-state index >= 15 is 0 Å². The highest BCUT2D eigenvalue weighted by molar-refractivity contribution is 5.89. The van der Waals surface area contributed by atoms with Crippen LogP contribution in [0.2, 0.25) is 0 Å². The highest BCUT2D eigenvalue weighted by atomic mass is 16.5. The molecule has 3 aromatic carbocycles. The average molecular weight is 371 g/mol. The Bertz CT molecular complexity index is 930. The first kappa shape index (κ1) is 18.3. The zero-order chi connectivity index (χ0) is 19.5. The van der Waals surface area contributed by atoms with E-state index in [4.69, 9.17) is 4.74 Å². The highest BCUT2D eigenvalue weighted by Gasteiger charge is 2.32. The number of para-hydroxylation sites is 2. The number of ether oxygens (including phenoxy) is 1. The Labute approximate surface area is 166 Å². The molecule has 3 heteroatoms. The molecule has 3 aromatic rings. The number of benzene rings is 3. The van der Waals surface area contributed by atoms with Crippen LogP contribution in [0.5, 0.6) is 11.5 Å². The zero-order valence-corrected chi connectivity index (χ0v) is 16.3. The quantitative estimate of drug-likeness (QED) is 0.651. The van der Waals surface area contributed by atoms with E-state index in [9.17, 15) is 4.79 Å². The van der Waals surface area contributed by atoms with Crippen LogP contribution in [0.15, 0.2) is 72.8 Å². The van der Waals surface area contributed by atoms with Gasteiger partial charge in [-0.3, -0.25) is 4.79 Å². The van der Waals surface area contributed by atoms with Crippen LogP contribution in [0.1, 0.15) is 47.9 Å². The topological polar surface area (TPSA) is 38.3 Å². The number of carbonyl (C=O) groups excluding carboxylic acids is 1. The molecule has 0 spiro atoms. The number of hydrogen-bond acceptors (Lipinski definition) is 2. The van der Waals surface area contributed by atoms with Crippen molar-refractivity contribution in [3.05, 3.63) is 95.1 Å². The zero-order valence-electron chi connectivity index (χ0n) is 16.3. The van der Waals surface area contributed by atoms with E-state index in [2.05, 4.69) is 43.4 Å². The first-order chi connectivity index (χ1) is 13.6. The van der Waals surface area contributed by atoms with E-state index in [1.807, 2.05) is 48.5 Å². The van der Waals surface area contributed by atoms with Gasteiger partial charge in [0.1, 0.15) is 11.5 Å². The molecule has 0 aromatic heterocycles. The molecule has 1 aliphatic heterocycles. The van der Waals surface area contributed by atoms with E-state index in [-0.39, 0.29) is 11.8 Å². The molecule has 28 heavy (non-hydrogen) atoms. The molecule has 1 amide bonds. The maximum absolute atomic E-state index is 13.1. The first-order valence-electron chi connectivity index (χ1n) is 9.85. The van der Waals surface area contributed by atoms with Gasteiger partial charge in [-0.15, -0.1) is 0 Å². The summed E-state index contributed by atoms with van der Waals surface area (Å²) in [6, 6.07) is 24.2. The van der Waals surface area contributed by atoms with Gasteiger partial charge in [-0.2, -0.15) is 0 Å². The van der Waals surface area contributed by atoms with Crippen LogP contribution in [0.4, 0.5) is 0 Å². The molecule has 0 aliphatic carbocycles. The smallest absolute Gasteiger partial charge is 0.232 e. The minimum Gasteiger partial charge on any atom is -0.457 e. The lowest BCUT2D eigenvalue weighted by Crippen LogP contribution is -2.33. The van der Waals surface area contributed by atoms with Gasteiger partial charge in [-0.25, -0.2) is 0 Å². The number of nitrogens with one attached hydrogen (secondary N) is 1. The van der Waals surface area contributed by atoms with Gasteiger partial charge in [0.25, 0.3) is 0 Å². The third-order valence-corrected chi connectivity index (χ3v) is 5.30. The normalized spacial score (nSPS) is 12.8. The van der Waals surface area contributed by atoms with Crippen LogP contribution in [0, 0.1) is 0 Å². The summed E-state index contributed by atoms with van der Waals surface area (Å²) in [7, 11) is 0. The second kappa shape index (κ2) is 7.89. The monoisotopic (exact) mass is 371 g/mol. The van der Waals surface area contributed by atoms with Gasteiger partial charge in [0.05, 0.1) is 5.92 Å². The predicted octanol–water partition coefficient (Wildman–Crippen LogP) is 5.41. The molecular weight excluding hydrogens is 346 g/mol. The van der Waals surface area contributed by atoms with Crippen molar-refractivity contribution in [2.75, 3.05) is 6.54 Å². The van der Waals surface area contributed by atoms with Gasteiger partial charge in [-0.1, -0.05) is 74.5 Å². The Kier molecular flexibility index (Phi) is 5.16. The fourth-order valence-corrected chi connectivity index (χ4v) is 3.69. The van der Waals surface area contributed by atoms with Crippen molar-refractivity contribution in [3.8, 4) is 11.5 Å². The van der Waals surface area contributed by atoms with Crippen molar-refractivity contribution in [1.29, 1.82) is 0 Å². The van der Waals surface area contributed by atoms with Crippen LogP contribution >= 0.6 is 0 Å². The fourth-order valence-electron chi connectivity index (χ4n) is 3.69. The highest BCUT2D eigenvalue weighted by Crippen LogP contribution is 2.43. The minimum absolute atomic E-state index is 0.0157. The van der Waals surface area contributed by atoms with Crippen LogP contribution < -0.4 is 10.1 Å². The van der Waals surface area contributed by atoms with Crippen LogP contribution in [0.25, 0.3) is 0 Å². The third kappa shape index (κ3) is 3.65. The van der Waals surface area contributed by atoms with Gasteiger partial charge < -0.3 is 10.1 Å². The lowest BCUT2D eigenvalue weighted by molar-refractivity contribution is -0.121. The molecule has 1 heterocycles. The molecule has 0 radical (unpaired) electrons. The molecule has 1 N–H and O–H groups in total. The maximum atomic E-state index is 13.1. The van der Waals surface area contributed by atoms with Crippen molar-refractivity contribution < 1.29 is 9.53 Å². The summed E-state index contributed by atoms with van der Waals surface area (Å²) < 4.78 is 5.98. The molecular formula is C25H25NO2. The molecule has 142 valence electrons. The molecule has 3 nitrogen and oxygen atoms in total. The third-order valence-electron chi connectivity index (χ3n) is 5.30. The Morgan fingerprint density at radius 2 is 1.46 bits per heavy atom. The van der Waals surface area contributed by atoms with E-state index in [0.717, 1.165) is 29.0 Å². The lowest BCUT2D eigenvalue weighted by atomic mass is 9.87. The summed E-state index contributed by atoms with van der Waals surface area (Å²) in [6.45, 7) is 5.00. The number of rotatable bonds is 5. The first-order valence-corrected chi connectivity index (χ1v) is 9.85. The molecule has 0 bridgehead atoms. The lowest BCUT2D eigenvalue weighted by Gasteiger charge is -2.27.